The Morgan fingerprint density at radius 2 is 1.94 bits per heavy atom. The second kappa shape index (κ2) is 8.45. The van der Waals surface area contributed by atoms with Gasteiger partial charge in [-0.15, -0.1) is 0 Å². The van der Waals surface area contributed by atoms with Crippen LogP contribution in [0.5, 0.6) is 0 Å². The predicted molar refractivity (Wildman–Crippen MR) is 132 cm³/mol. The molecule has 2 N–H and O–H groups in total. The molecule has 0 aliphatic rings. The Hall–Kier alpha value is -3.92. The lowest BCUT2D eigenvalue weighted by atomic mass is 10.2. The van der Waals surface area contributed by atoms with E-state index >= 15 is 0 Å². The number of nitrogens with zero attached hydrogens (tertiary/aromatic N) is 6. The molecule has 0 spiro atoms. The monoisotopic (exact) mass is 478 g/mol. The number of aromatic amines is 1. The van der Waals surface area contributed by atoms with Crippen molar-refractivity contribution in [2.75, 3.05) is 5.32 Å². The first-order valence-corrected chi connectivity index (χ1v) is 11.3. The van der Waals surface area contributed by atoms with Gasteiger partial charge in [0.2, 0.25) is 5.95 Å². The molecule has 0 saturated carbocycles. The van der Waals surface area contributed by atoms with Crippen molar-refractivity contribution in [3.05, 3.63) is 73.9 Å². The normalized spacial score (nSPS) is 11.5. The van der Waals surface area contributed by atoms with Crippen molar-refractivity contribution in [3.8, 4) is 0 Å². The molecular weight excluding hydrogens is 456 g/mol. The fourth-order valence-electron chi connectivity index (χ4n) is 4.05. The summed E-state index contributed by atoms with van der Waals surface area (Å²) in [5.74, 6) is 1.69. The van der Waals surface area contributed by atoms with Gasteiger partial charge in [-0.05, 0) is 30.7 Å². The lowest BCUT2D eigenvalue weighted by Gasteiger charge is -2.08. The van der Waals surface area contributed by atoms with Crippen molar-refractivity contribution in [3.63, 3.8) is 0 Å². The van der Waals surface area contributed by atoms with Crippen LogP contribution in [0.3, 0.4) is 0 Å². The van der Waals surface area contributed by atoms with Gasteiger partial charge in [0.15, 0.2) is 11.2 Å². The fraction of sp³-hybridized carbons (Fsp3) is 0.261. The summed E-state index contributed by atoms with van der Waals surface area (Å²) in [7, 11) is 3.33. The van der Waals surface area contributed by atoms with Crippen LogP contribution >= 0.6 is 11.6 Å². The molecule has 4 heterocycles. The third-order valence-corrected chi connectivity index (χ3v) is 6.10. The molecule has 11 heteroatoms. The van der Waals surface area contributed by atoms with E-state index in [9.17, 15) is 9.59 Å². The number of aryl methyl sites for hydroxylation is 3. The van der Waals surface area contributed by atoms with Crippen LogP contribution in [-0.2, 0) is 27.1 Å². The quantitative estimate of drug-likeness (QED) is 0.387. The van der Waals surface area contributed by atoms with Crippen molar-refractivity contribution in [1.29, 1.82) is 0 Å². The molecule has 0 aliphatic heterocycles. The van der Waals surface area contributed by atoms with Gasteiger partial charge < -0.3 is 14.9 Å². The van der Waals surface area contributed by atoms with Crippen molar-refractivity contribution in [1.82, 2.24) is 33.6 Å². The highest BCUT2D eigenvalue weighted by Gasteiger charge is 2.19. The molecule has 0 fully saturated rings. The summed E-state index contributed by atoms with van der Waals surface area (Å²) in [6, 6.07) is 9.12. The van der Waals surface area contributed by atoms with Crippen LogP contribution < -0.4 is 16.6 Å². The average molecular weight is 479 g/mol. The number of fused-ring (bicyclic) bond motifs is 2. The van der Waals surface area contributed by atoms with E-state index in [2.05, 4.69) is 32.2 Å². The van der Waals surface area contributed by atoms with Crippen LogP contribution in [0.2, 0.25) is 5.02 Å². The van der Waals surface area contributed by atoms with Gasteiger partial charge in [0.1, 0.15) is 11.6 Å². The van der Waals surface area contributed by atoms with E-state index < -0.39 is 11.2 Å². The summed E-state index contributed by atoms with van der Waals surface area (Å²) in [6.07, 6.45) is 3.37. The molecule has 0 saturated heterocycles. The molecule has 0 atom stereocenters. The zero-order chi connectivity index (χ0) is 24.0. The van der Waals surface area contributed by atoms with E-state index in [1.807, 2.05) is 18.2 Å². The molecular formula is C23H23ClN8O2. The van der Waals surface area contributed by atoms with Gasteiger partial charge in [0.25, 0.3) is 5.56 Å². The number of rotatable bonds is 6. The van der Waals surface area contributed by atoms with Gasteiger partial charge in [-0.1, -0.05) is 24.6 Å². The number of halogens is 1. The van der Waals surface area contributed by atoms with Gasteiger partial charge in [-0.3, -0.25) is 13.9 Å². The molecule has 0 bridgehead atoms. The summed E-state index contributed by atoms with van der Waals surface area (Å²) < 4.78 is 4.20. The first-order valence-electron chi connectivity index (χ1n) is 10.9. The number of anilines is 2. The Kier molecular flexibility index (Phi) is 5.45. The number of hydrogen-bond acceptors (Lipinski definition) is 6. The SMILES string of the molecule is CCCc1nccc(Nc2nc3c(c(=O)n(Cc4cc5c(Cl)cccc5[nH]4)c(=O)n3C)n2C)n1. The van der Waals surface area contributed by atoms with Crippen LogP contribution in [-0.4, -0.2) is 33.6 Å². The minimum absolute atomic E-state index is 0.0761. The topological polar surface area (TPSA) is 115 Å². The second-order valence-electron chi connectivity index (χ2n) is 8.13. The summed E-state index contributed by atoms with van der Waals surface area (Å²) >= 11 is 6.27. The second-order valence-corrected chi connectivity index (χ2v) is 8.54. The van der Waals surface area contributed by atoms with Crippen molar-refractivity contribution in [2.24, 2.45) is 14.1 Å². The Morgan fingerprint density at radius 1 is 1.12 bits per heavy atom. The Bertz CT molecular complexity index is 1660. The summed E-state index contributed by atoms with van der Waals surface area (Å²) in [5.41, 5.74) is 1.25. The molecule has 10 nitrogen and oxygen atoms in total. The highest BCUT2D eigenvalue weighted by molar-refractivity contribution is 6.35. The maximum absolute atomic E-state index is 13.4. The third-order valence-electron chi connectivity index (χ3n) is 5.77. The maximum atomic E-state index is 13.4. The minimum atomic E-state index is -0.459. The molecule has 1 aromatic carbocycles. The van der Waals surface area contributed by atoms with Crippen LogP contribution in [0.4, 0.5) is 11.8 Å². The van der Waals surface area contributed by atoms with E-state index in [0.29, 0.717) is 33.6 Å². The highest BCUT2D eigenvalue weighted by atomic mass is 35.5. The Balaban J connectivity index is 1.58. The largest absolute Gasteiger partial charge is 0.357 e. The molecule has 5 rings (SSSR count). The summed E-state index contributed by atoms with van der Waals surface area (Å²) in [4.78, 5) is 43.0. The number of H-pyrrole nitrogens is 1. The number of imidazole rings is 1. The van der Waals surface area contributed by atoms with Crippen LogP contribution in [0, 0.1) is 0 Å². The minimum Gasteiger partial charge on any atom is -0.357 e. The first kappa shape index (κ1) is 21.9. The molecule has 4 aromatic heterocycles. The van der Waals surface area contributed by atoms with Crippen molar-refractivity contribution >= 4 is 45.4 Å². The van der Waals surface area contributed by atoms with E-state index in [1.54, 1.807) is 37.0 Å². The van der Waals surface area contributed by atoms with Gasteiger partial charge in [-0.2, -0.15) is 4.98 Å². The molecule has 5 aromatic rings. The van der Waals surface area contributed by atoms with E-state index in [0.717, 1.165) is 29.6 Å². The predicted octanol–water partition coefficient (Wildman–Crippen LogP) is 3.10. The maximum Gasteiger partial charge on any atom is 0.332 e. The van der Waals surface area contributed by atoms with E-state index in [-0.39, 0.29) is 6.54 Å². The zero-order valence-corrected chi connectivity index (χ0v) is 19.7. The lowest BCUT2D eigenvalue weighted by molar-refractivity contribution is 0.648. The van der Waals surface area contributed by atoms with Crippen molar-refractivity contribution < 1.29 is 0 Å². The molecule has 34 heavy (non-hydrogen) atoms. The van der Waals surface area contributed by atoms with Gasteiger partial charge in [-0.25, -0.2) is 14.8 Å². The standard InChI is InChI=1S/C23H23ClN8O2/c1-4-6-17-25-10-9-18(27-17)28-22-29-20-19(30(22)2)21(33)32(23(34)31(20)3)12-13-11-14-15(24)7-5-8-16(14)26-13/h5,7-11,26H,4,6,12H2,1-3H3,(H,25,27,28,29). The third kappa shape index (κ3) is 3.65. The first-order chi connectivity index (χ1) is 16.4. The zero-order valence-electron chi connectivity index (χ0n) is 19.0. The fourth-order valence-corrected chi connectivity index (χ4v) is 4.28. The number of benzene rings is 1. The Labute approximate surface area is 198 Å². The van der Waals surface area contributed by atoms with Crippen LogP contribution in [0.1, 0.15) is 24.9 Å². The number of nitrogens with one attached hydrogen (secondary N) is 2. The molecule has 0 radical (unpaired) electrons. The van der Waals surface area contributed by atoms with Gasteiger partial charge in [0.05, 0.1) is 6.54 Å². The summed E-state index contributed by atoms with van der Waals surface area (Å²) in [5, 5.41) is 4.58. The van der Waals surface area contributed by atoms with Crippen LogP contribution in [0.25, 0.3) is 22.1 Å². The van der Waals surface area contributed by atoms with Gasteiger partial charge >= 0.3 is 5.69 Å². The smallest absolute Gasteiger partial charge is 0.332 e. The number of aromatic nitrogens is 7. The molecule has 174 valence electrons. The van der Waals surface area contributed by atoms with E-state index in [1.165, 1.54) is 9.13 Å². The average Bonchev–Trinajstić information content (AvgIpc) is 3.38. The lowest BCUT2D eigenvalue weighted by Crippen LogP contribution is -2.39. The van der Waals surface area contributed by atoms with Crippen LogP contribution in [0.15, 0.2) is 46.1 Å². The molecule has 0 aliphatic carbocycles. The van der Waals surface area contributed by atoms with E-state index in [4.69, 9.17) is 11.6 Å². The summed E-state index contributed by atoms with van der Waals surface area (Å²) in [6.45, 7) is 2.14. The number of hydrogen-bond donors (Lipinski definition) is 2. The van der Waals surface area contributed by atoms with Crippen molar-refractivity contribution in [2.45, 2.75) is 26.3 Å². The molecule has 0 unspecified atom stereocenters. The Morgan fingerprint density at radius 3 is 2.71 bits per heavy atom. The molecule has 0 amide bonds. The van der Waals surface area contributed by atoms with Gasteiger partial charge in [0, 0.05) is 48.3 Å². The highest BCUT2D eigenvalue weighted by Crippen LogP contribution is 2.24.